The predicted octanol–water partition coefficient (Wildman–Crippen LogP) is 7.46. The van der Waals surface area contributed by atoms with E-state index in [1.165, 1.54) is 41.2 Å². The number of fused-ring (bicyclic) bond motifs is 2. The summed E-state index contributed by atoms with van der Waals surface area (Å²) >= 11 is 0. The largest absolute Gasteiger partial charge is 0.493 e. The fraction of sp³-hybridized carbons (Fsp3) is 0.567. The molecule has 0 amide bonds. The third-order valence-corrected chi connectivity index (χ3v) is 7.62. The number of esters is 1. The van der Waals surface area contributed by atoms with E-state index in [-0.39, 0.29) is 22.7 Å². The fourth-order valence-corrected chi connectivity index (χ4v) is 5.54. The number of furan rings is 1. The fourth-order valence-electron chi connectivity index (χ4n) is 5.54. The molecule has 184 valence electrons. The van der Waals surface area contributed by atoms with Gasteiger partial charge in [0, 0.05) is 29.5 Å². The number of benzene rings is 1. The SMILES string of the molecule is CCCOc1cc2c(cc1C1CCCc3oc(/C=C/C(=O)OCC)cc31)C(C)(C)CCC2(C)C. The van der Waals surface area contributed by atoms with Gasteiger partial charge < -0.3 is 13.9 Å². The number of hydrogen-bond acceptors (Lipinski definition) is 4. The number of carbonyl (C=O) groups excluding carboxylic acids is 1. The summed E-state index contributed by atoms with van der Waals surface area (Å²) in [5, 5.41) is 0. The summed E-state index contributed by atoms with van der Waals surface area (Å²) in [5.41, 5.74) is 5.68. The second-order valence-corrected chi connectivity index (χ2v) is 11.1. The maximum atomic E-state index is 11.8. The van der Waals surface area contributed by atoms with Gasteiger partial charge in [-0.1, -0.05) is 40.7 Å². The first kappa shape index (κ1) is 24.6. The predicted molar refractivity (Wildman–Crippen MR) is 137 cm³/mol. The van der Waals surface area contributed by atoms with Gasteiger partial charge in [0.05, 0.1) is 13.2 Å². The van der Waals surface area contributed by atoms with Crippen LogP contribution in [0.4, 0.5) is 0 Å². The molecule has 34 heavy (non-hydrogen) atoms. The molecule has 0 radical (unpaired) electrons. The number of carbonyl (C=O) groups is 1. The van der Waals surface area contributed by atoms with Gasteiger partial charge in [0.25, 0.3) is 0 Å². The highest BCUT2D eigenvalue weighted by atomic mass is 16.5. The Balaban J connectivity index is 1.78. The van der Waals surface area contributed by atoms with Gasteiger partial charge in [-0.05, 0) is 79.2 Å². The molecule has 1 unspecified atom stereocenters. The molecule has 2 aliphatic rings. The van der Waals surface area contributed by atoms with Crippen LogP contribution in [-0.4, -0.2) is 19.2 Å². The Bertz CT molecular complexity index is 1070. The van der Waals surface area contributed by atoms with Crippen molar-refractivity contribution in [1.29, 1.82) is 0 Å². The molecule has 0 saturated heterocycles. The number of rotatable bonds is 7. The van der Waals surface area contributed by atoms with Crippen molar-refractivity contribution in [2.75, 3.05) is 13.2 Å². The Morgan fingerprint density at radius 1 is 1.06 bits per heavy atom. The highest BCUT2D eigenvalue weighted by Gasteiger charge is 2.39. The smallest absolute Gasteiger partial charge is 0.330 e. The third-order valence-electron chi connectivity index (χ3n) is 7.62. The Morgan fingerprint density at radius 2 is 1.76 bits per heavy atom. The van der Waals surface area contributed by atoms with Crippen LogP contribution in [0.2, 0.25) is 0 Å². The van der Waals surface area contributed by atoms with Crippen molar-refractivity contribution in [2.24, 2.45) is 0 Å². The first-order chi connectivity index (χ1) is 16.2. The van der Waals surface area contributed by atoms with Crippen LogP contribution in [0.15, 0.2) is 28.7 Å². The van der Waals surface area contributed by atoms with Crippen LogP contribution in [0.5, 0.6) is 5.75 Å². The van der Waals surface area contributed by atoms with E-state index in [4.69, 9.17) is 13.9 Å². The Morgan fingerprint density at radius 3 is 2.44 bits per heavy atom. The summed E-state index contributed by atoms with van der Waals surface area (Å²) in [5.74, 6) is 2.64. The molecule has 4 nitrogen and oxygen atoms in total. The van der Waals surface area contributed by atoms with E-state index < -0.39 is 0 Å². The lowest BCUT2D eigenvalue weighted by Crippen LogP contribution is -2.34. The highest BCUT2D eigenvalue weighted by Crippen LogP contribution is 2.50. The lowest BCUT2D eigenvalue weighted by Gasteiger charge is -2.43. The molecular weight excluding hydrogens is 424 g/mol. The summed E-state index contributed by atoms with van der Waals surface area (Å²) in [6.45, 7) is 14.5. The Hall–Kier alpha value is -2.49. The molecular formula is C30H40O4. The second-order valence-electron chi connectivity index (χ2n) is 11.1. The van der Waals surface area contributed by atoms with Gasteiger partial charge in [0.1, 0.15) is 17.3 Å². The Labute approximate surface area is 204 Å². The minimum Gasteiger partial charge on any atom is -0.493 e. The molecule has 4 rings (SSSR count). The molecule has 1 heterocycles. The first-order valence-corrected chi connectivity index (χ1v) is 13.0. The van der Waals surface area contributed by atoms with E-state index in [9.17, 15) is 4.79 Å². The molecule has 2 aromatic rings. The summed E-state index contributed by atoms with van der Waals surface area (Å²) in [7, 11) is 0. The van der Waals surface area contributed by atoms with Crippen LogP contribution in [0.1, 0.15) is 113 Å². The van der Waals surface area contributed by atoms with Crippen molar-refractivity contribution in [3.05, 3.63) is 58.0 Å². The molecule has 0 bridgehead atoms. The lowest BCUT2D eigenvalue weighted by atomic mass is 9.62. The molecule has 1 aromatic heterocycles. The van der Waals surface area contributed by atoms with Crippen molar-refractivity contribution in [3.8, 4) is 5.75 Å². The number of ether oxygens (including phenoxy) is 2. The zero-order valence-electron chi connectivity index (χ0n) is 21.8. The van der Waals surface area contributed by atoms with Crippen molar-refractivity contribution >= 4 is 12.0 Å². The second kappa shape index (κ2) is 9.64. The van der Waals surface area contributed by atoms with E-state index in [0.717, 1.165) is 37.2 Å². The van der Waals surface area contributed by atoms with Gasteiger partial charge in [-0.3, -0.25) is 0 Å². The van der Waals surface area contributed by atoms with E-state index in [1.807, 2.05) is 0 Å². The van der Waals surface area contributed by atoms with Crippen LogP contribution in [0, 0.1) is 0 Å². The maximum Gasteiger partial charge on any atom is 0.330 e. The topological polar surface area (TPSA) is 48.7 Å². The molecule has 0 saturated carbocycles. The summed E-state index contributed by atoms with van der Waals surface area (Å²) in [6, 6.07) is 6.90. The zero-order chi connectivity index (χ0) is 24.5. The summed E-state index contributed by atoms with van der Waals surface area (Å²) in [4.78, 5) is 11.8. The van der Waals surface area contributed by atoms with Crippen molar-refractivity contribution in [2.45, 2.75) is 96.8 Å². The van der Waals surface area contributed by atoms with Crippen molar-refractivity contribution in [3.63, 3.8) is 0 Å². The molecule has 0 aliphatic heterocycles. The molecule has 1 aromatic carbocycles. The van der Waals surface area contributed by atoms with E-state index in [2.05, 4.69) is 52.8 Å². The van der Waals surface area contributed by atoms with Gasteiger partial charge in [0.15, 0.2) is 0 Å². The number of aryl methyl sites for hydroxylation is 1. The minimum atomic E-state index is -0.344. The third kappa shape index (κ3) is 4.82. The van der Waals surface area contributed by atoms with Crippen LogP contribution < -0.4 is 4.74 Å². The lowest BCUT2D eigenvalue weighted by molar-refractivity contribution is -0.137. The molecule has 0 N–H and O–H groups in total. The van der Waals surface area contributed by atoms with Crippen molar-refractivity contribution in [1.82, 2.24) is 0 Å². The number of hydrogen-bond donors (Lipinski definition) is 0. The van der Waals surface area contributed by atoms with Crippen LogP contribution in [0.3, 0.4) is 0 Å². The van der Waals surface area contributed by atoms with Gasteiger partial charge >= 0.3 is 5.97 Å². The van der Waals surface area contributed by atoms with Gasteiger partial charge in [-0.25, -0.2) is 4.79 Å². The van der Waals surface area contributed by atoms with Gasteiger partial charge in [-0.2, -0.15) is 0 Å². The monoisotopic (exact) mass is 464 g/mol. The average Bonchev–Trinajstić information content (AvgIpc) is 3.22. The van der Waals surface area contributed by atoms with Crippen molar-refractivity contribution < 1.29 is 18.7 Å². The van der Waals surface area contributed by atoms with E-state index in [1.54, 1.807) is 13.0 Å². The molecule has 0 fully saturated rings. The minimum absolute atomic E-state index is 0.143. The maximum absolute atomic E-state index is 11.8. The van der Waals surface area contributed by atoms with E-state index in [0.29, 0.717) is 19.0 Å². The Kier molecular flexibility index (Phi) is 6.98. The zero-order valence-corrected chi connectivity index (χ0v) is 21.8. The molecule has 2 aliphatic carbocycles. The van der Waals surface area contributed by atoms with Crippen LogP contribution in [0.25, 0.3) is 6.08 Å². The van der Waals surface area contributed by atoms with Crippen LogP contribution >= 0.6 is 0 Å². The molecule has 0 spiro atoms. The quantitative estimate of drug-likeness (QED) is 0.315. The molecule has 4 heteroatoms. The van der Waals surface area contributed by atoms with Gasteiger partial charge in [0.2, 0.25) is 0 Å². The van der Waals surface area contributed by atoms with Crippen LogP contribution in [-0.2, 0) is 26.8 Å². The first-order valence-electron chi connectivity index (χ1n) is 13.0. The van der Waals surface area contributed by atoms with Gasteiger partial charge in [-0.15, -0.1) is 0 Å². The average molecular weight is 465 g/mol. The van der Waals surface area contributed by atoms with E-state index >= 15 is 0 Å². The normalized spacial score (nSPS) is 20.6. The highest BCUT2D eigenvalue weighted by molar-refractivity contribution is 5.86. The standard InChI is InChI=1S/C30H40O4/c1-7-16-33-27-19-25-24(29(3,4)14-15-30(25,5)6)18-23(27)21-10-9-11-26-22(21)17-20(34-26)12-13-28(31)32-8-2/h12-13,17-19,21H,7-11,14-16H2,1-6H3/b13-12+. The summed E-state index contributed by atoms with van der Waals surface area (Å²) < 4.78 is 17.6. The molecule has 1 atom stereocenters. The summed E-state index contributed by atoms with van der Waals surface area (Å²) in [6.07, 6.45) is 9.59.